The van der Waals surface area contributed by atoms with Crippen molar-refractivity contribution in [1.82, 2.24) is 10.2 Å². The van der Waals surface area contributed by atoms with E-state index in [0.29, 0.717) is 18.3 Å². The Morgan fingerprint density at radius 1 is 1.06 bits per heavy atom. The third kappa shape index (κ3) is 5.16. The van der Waals surface area contributed by atoms with Crippen LogP contribution in [0.1, 0.15) is 36.3 Å². The van der Waals surface area contributed by atoms with E-state index >= 15 is 0 Å². The predicted molar refractivity (Wildman–Crippen MR) is 127 cm³/mol. The molecule has 174 valence electrons. The zero-order valence-electron chi connectivity index (χ0n) is 18.5. The van der Waals surface area contributed by atoms with E-state index in [1.807, 2.05) is 42.7 Å². The van der Waals surface area contributed by atoms with Crippen molar-refractivity contribution in [1.29, 1.82) is 0 Å². The van der Waals surface area contributed by atoms with Crippen LogP contribution < -0.4 is 5.32 Å². The molecule has 2 aromatic carbocycles. The van der Waals surface area contributed by atoms with Gasteiger partial charge in [0.1, 0.15) is 12.6 Å². The third-order valence-electron chi connectivity index (χ3n) is 6.40. The van der Waals surface area contributed by atoms with Crippen LogP contribution in [0.3, 0.4) is 0 Å². The van der Waals surface area contributed by atoms with Gasteiger partial charge in [-0.1, -0.05) is 48.5 Å². The number of carbonyl (C=O) groups excluding carboxylic acids is 2. The number of likely N-dealkylation sites (tertiary alicyclic amines) is 1. The summed E-state index contributed by atoms with van der Waals surface area (Å²) < 4.78 is 5.51. The smallest absolute Gasteiger partial charge is 0.407 e. The van der Waals surface area contributed by atoms with E-state index in [4.69, 9.17) is 4.74 Å². The maximum Gasteiger partial charge on any atom is 0.407 e. The number of nitrogens with zero attached hydrogens (tertiary/aromatic N) is 1. The molecule has 4 rings (SSSR count). The van der Waals surface area contributed by atoms with Crippen LogP contribution in [0, 0.1) is 0 Å². The summed E-state index contributed by atoms with van der Waals surface area (Å²) in [5, 5.41) is 12.3. The lowest BCUT2D eigenvalue weighted by atomic mass is 9.98. The van der Waals surface area contributed by atoms with Crippen molar-refractivity contribution in [2.45, 2.75) is 36.5 Å². The van der Waals surface area contributed by atoms with Gasteiger partial charge in [0.15, 0.2) is 0 Å². The Labute approximate surface area is 197 Å². The molecule has 0 radical (unpaired) electrons. The Morgan fingerprint density at radius 3 is 2.18 bits per heavy atom. The molecule has 1 aliphatic carbocycles. The Kier molecular flexibility index (Phi) is 7.23. The molecule has 2 aromatic rings. The highest BCUT2D eigenvalue weighted by atomic mass is 32.2. The minimum Gasteiger partial charge on any atom is -0.481 e. The highest BCUT2D eigenvalue weighted by molar-refractivity contribution is 7.99. The Balaban J connectivity index is 1.40. The second-order valence-corrected chi connectivity index (χ2v) is 9.52. The minimum atomic E-state index is -1.15. The maximum absolute atomic E-state index is 12.9. The van der Waals surface area contributed by atoms with Crippen LogP contribution in [0.15, 0.2) is 48.5 Å². The van der Waals surface area contributed by atoms with Crippen molar-refractivity contribution in [3.05, 3.63) is 59.7 Å². The van der Waals surface area contributed by atoms with Gasteiger partial charge in [-0.15, -0.1) is 0 Å². The topological polar surface area (TPSA) is 95.9 Å². The molecule has 0 spiro atoms. The fraction of sp³-hybridized carbons (Fsp3) is 0.400. The summed E-state index contributed by atoms with van der Waals surface area (Å²) in [5.41, 5.74) is 4.41. The predicted octanol–water partition coefficient (Wildman–Crippen LogP) is 3.72. The van der Waals surface area contributed by atoms with Crippen molar-refractivity contribution in [3.8, 4) is 11.1 Å². The van der Waals surface area contributed by atoms with Gasteiger partial charge in [0.05, 0.1) is 6.42 Å². The highest BCUT2D eigenvalue weighted by Crippen LogP contribution is 2.44. The Morgan fingerprint density at radius 2 is 1.64 bits per heavy atom. The first-order valence-electron chi connectivity index (χ1n) is 11.1. The van der Waals surface area contributed by atoms with Gasteiger partial charge in [0.25, 0.3) is 0 Å². The lowest BCUT2D eigenvalue weighted by Crippen LogP contribution is -2.52. The van der Waals surface area contributed by atoms with Gasteiger partial charge in [-0.2, -0.15) is 11.8 Å². The van der Waals surface area contributed by atoms with Crippen molar-refractivity contribution in [2.75, 3.05) is 26.0 Å². The second kappa shape index (κ2) is 10.3. The average Bonchev–Trinajstić information content (AvgIpc) is 3.15. The molecule has 1 aliphatic heterocycles. The number of thioether (sulfide) groups is 1. The molecule has 33 heavy (non-hydrogen) atoms. The summed E-state index contributed by atoms with van der Waals surface area (Å²) in [5.74, 6) is -1.63. The van der Waals surface area contributed by atoms with Crippen LogP contribution >= 0.6 is 11.8 Å². The minimum absolute atomic E-state index is 0.104. The van der Waals surface area contributed by atoms with Gasteiger partial charge in [-0.05, 0) is 41.4 Å². The van der Waals surface area contributed by atoms with Crippen LogP contribution in [0.2, 0.25) is 0 Å². The lowest BCUT2D eigenvalue weighted by molar-refractivity contribution is -0.142. The zero-order valence-corrected chi connectivity index (χ0v) is 19.3. The van der Waals surface area contributed by atoms with Crippen molar-refractivity contribution >= 4 is 29.7 Å². The monoisotopic (exact) mass is 468 g/mol. The largest absolute Gasteiger partial charge is 0.481 e. The van der Waals surface area contributed by atoms with Crippen LogP contribution in [0.5, 0.6) is 0 Å². The summed E-state index contributed by atoms with van der Waals surface area (Å²) in [7, 11) is 0. The molecule has 1 atom stereocenters. The van der Waals surface area contributed by atoms with Crippen molar-refractivity contribution in [3.63, 3.8) is 0 Å². The number of carbonyl (C=O) groups is 3. The molecule has 0 aromatic heterocycles. The fourth-order valence-electron chi connectivity index (χ4n) is 4.69. The molecule has 7 nitrogen and oxygen atoms in total. The molecule has 8 heteroatoms. The highest BCUT2D eigenvalue weighted by Gasteiger charge is 2.32. The Bertz CT molecular complexity index is 989. The number of amides is 2. The van der Waals surface area contributed by atoms with Crippen LogP contribution in [0.25, 0.3) is 11.1 Å². The summed E-state index contributed by atoms with van der Waals surface area (Å²) in [6, 6.07) is 14.9. The molecule has 1 heterocycles. The molecule has 1 unspecified atom stereocenters. The lowest BCUT2D eigenvalue weighted by Gasteiger charge is -2.33. The number of hydrogen-bond acceptors (Lipinski definition) is 5. The van der Waals surface area contributed by atoms with Gasteiger partial charge < -0.3 is 20.1 Å². The summed E-state index contributed by atoms with van der Waals surface area (Å²) in [6.45, 7) is 1.23. The zero-order chi connectivity index (χ0) is 23.4. The number of rotatable bonds is 7. The molecular formula is C25H28N2O5S. The SMILES string of the molecule is CSC1CCN(C(=O)C(CC(=O)O)NC(=O)OCC2c3ccccc3-c3ccccc32)CC1. The molecule has 2 N–H and O–H groups in total. The number of hydrogen-bond donors (Lipinski definition) is 2. The average molecular weight is 469 g/mol. The van der Waals surface area contributed by atoms with Gasteiger partial charge in [0.2, 0.25) is 5.91 Å². The normalized spacial score (nSPS) is 16.6. The molecule has 1 saturated heterocycles. The number of aliphatic carboxylic acids is 1. The standard InChI is InChI=1S/C25H28N2O5S/c1-33-16-10-12-27(13-11-16)24(30)22(14-23(28)29)26-25(31)32-15-21-19-8-4-2-6-17(19)18-7-3-5-9-20(18)21/h2-9,16,21-22H,10-15H2,1H3,(H,26,31)(H,28,29). The molecule has 0 bridgehead atoms. The van der Waals surface area contributed by atoms with E-state index in [-0.39, 0.29) is 18.4 Å². The van der Waals surface area contributed by atoms with Crippen molar-refractivity contribution in [2.24, 2.45) is 0 Å². The van der Waals surface area contributed by atoms with Crippen LogP contribution in [0.4, 0.5) is 4.79 Å². The first-order chi connectivity index (χ1) is 16.0. The van der Waals surface area contributed by atoms with Crippen molar-refractivity contribution < 1.29 is 24.2 Å². The number of fused-ring (bicyclic) bond motifs is 3. The van der Waals surface area contributed by atoms with E-state index in [9.17, 15) is 19.5 Å². The quantitative estimate of drug-likeness (QED) is 0.643. The van der Waals surface area contributed by atoms with Crippen LogP contribution in [-0.2, 0) is 14.3 Å². The summed E-state index contributed by atoms with van der Waals surface area (Å²) >= 11 is 1.78. The molecule has 2 amide bonds. The number of ether oxygens (including phenoxy) is 1. The van der Waals surface area contributed by atoms with Gasteiger partial charge >= 0.3 is 12.1 Å². The summed E-state index contributed by atoms with van der Waals surface area (Å²) in [4.78, 5) is 38.5. The Hall–Kier alpha value is -3.00. The van der Waals surface area contributed by atoms with E-state index in [2.05, 4.69) is 17.4 Å². The second-order valence-electron chi connectivity index (χ2n) is 8.38. The van der Waals surface area contributed by atoms with Crippen LogP contribution in [-0.4, -0.2) is 65.2 Å². The summed E-state index contributed by atoms with van der Waals surface area (Å²) in [6.07, 6.45) is 2.50. The fourth-order valence-corrected chi connectivity index (χ4v) is 5.37. The molecule has 1 fully saturated rings. The molecular weight excluding hydrogens is 440 g/mol. The number of alkyl carbamates (subject to hydrolysis) is 1. The van der Waals surface area contributed by atoms with Gasteiger partial charge in [0, 0.05) is 24.3 Å². The number of nitrogens with one attached hydrogen (secondary N) is 1. The maximum atomic E-state index is 12.9. The first-order valence-corrected chi connectivity index (χ1v) is 12.4. The van der Waals surface area contributed by atoms with E-state index in [0.717, 1.165) is 35.1 Å². The van der Waals surface area contributed by atoms with E-state index in [1.54, 1.807) is 16.7 Å². The first kappa shape index (κ1) is 23.2. The number of benzene rings is 2. The number of piperidine rings is 1. The number of carboxylic acid groups (broad SMARTS) is 1. The van der Waals surface area contributed by atoms with E-state index in [1.165, 1.54) is 0 Å². The molecule has 2 aliphatic rings. The van der Waals surface area contributed by atoms with Gasteiger partial charge in [-0.25, -0.2) is 4.79 Å². The van der Waals surface area contributed by atoms with E-state index < -0.39 is 24.5 Å². The molecule has 0 saturated carbocycles. The third-order valence-corrected chi connectivity index (χ3v) is 7.54. The van der Waals surface area contributed by atoms with Gasteiger partial charge in [-0.3, -0.25) is 9.59 Å². The number of carboxylic acids is 1.